The summed E-state index contributed by atoms with van der Waals surface area (Å²) in [4.78, 5) is 24.8. The Balaban J connectivity index is 1.66. The number of carbonyl (C=O) groups excluding carboxylic acids is 1. The normalized spacial score (nSPS) is 12.2. The maximum atomic E-state index is 12.7. The van der Waals surface area contributed by atoms with Gasteiger partial charge in [-0.05, 0) is 62.0 Å². The Hall–Kier alpha value is -3.76. The lowest BCUT2D eigenvalue weighted by Gasteiger charge is -2.25. The third-order valence-corrected chi connectivity index (χ3v) is 6.97. The first-order chi connectivity index (χ1) is 16.6. The van der Waals surface area contributed by atoms with E-state index in [-0.39, 0.29) is 28.2 Å². The molecule has 2 N–H and O–H groups in total. The van der Waals surface area contributed by atoms with Crippen LogP contribution in [-0.2, 0) is 16.4 Å². The number of likely N-dealkylation sites (N-methyl/N-ethyl adjacent to an activating group) is 1. The number of aryl methyl sites for hydroxylation is 1. The van der Waals surface area contributed by atoms with Crippen molar-refractivity contribution in [1.82, 2.24) is 10.2 Å². The SMILES string of the molecule is CCc1ccc(C(CNC(=O)c2ccc(NS(=O)(=O)c3cccc([N+](=O)[O-])c3)cc2)N(C)C)cc1. The highest BCUT2D eigenvalue weighted by Crippen LogP contribution is 2.21. The molecule has 3 aromatic rings. The number of carbonyl (C=O) groups is 1. The van der Waals surface area contributed by atoms with Gasteiger partial charge in [0.2, 0.25) is 0 Å². The molecule has 0 saturated carbocycles. The fourth-order valence-electron chi connectivity index (χ4n) is 3.53. The Morgan fingerprint density at radius 3 is 2.26 bits per heavy atom. The Morgan fingerprint density at radius 1 is 1.03 bits per heavy atom. The van der Waals surface area contributed by atoms with Crippen LogP contribution in [0, 0.1) is 10.1 Å². The molecule has 0 aliphatic rings. The quantitative estimate of drug-likeness (QED) is 0.323. The largest absolute Gasteiger partial charge is 0.350 e. The van der Waals surface area contributed by atoms with Crippen molar-refractivity contribution in [2.75, 3.05) is 25.4 Å². The van der Waals surface area contributed by atoms with Crippen LogP contribution in [0.25, 0.3) is 0 Å². The molecule has 1 amide bonds. The van der Waals surface area contributed by atoms with E-state index in [0.717, 1.165) is 18.1 Å². The molecule has 35 heavy (non-hydrogen) atoms. The first-order valence-corrected chi connectivity index (χ1v) is 12.5. The third-order valence-electron chi connectivity index (χ3n) is 5.59. The topological polar surface area (TPSA) is 122 Å². The highest BCUT2D eigenvalue weighted by molar-refractivity contribution is 7.92. The first-order valence-electron chi connectivity index (χ1n) is 11.0. The number of hydrogen-bond donors (Lipinski definition) is 2. The van der Waals surface area contributed by atoms with Crippen molar-refractivity contribution < 1.29 is 18.1 Å². The molecule has 0 heterocycles. The summed E-state index contributed by atoms with van der Waals surface area (Å²) in [5.74, 6) is -0.282. The second-order valence-electron chi connectivity index (χ2n) is 8.22. The molecule has 0 spiro atoms. The van der Waals surface area contributed by atoms with Crippen molar-refractivity contribution in [3.05, 3.63) is 99.6 Å². The van der Waals surface area contributed by atoms with E-state index in [9.17, 15) is 23.3 Å². The summed E-state index contributed by atoms with van der Waals surface area (Å²) >= 11 is 0. The number of anilines is 1. The molecule has 0 aliphatic heterocycles. The number of sulfonamides is 1. The van der Waals surface area contributed by atoms with Crippen LogP contribution in [0.5, 0.6) is 0 Å². The van der Waals surface area contributed by atoms with Gasteiger partial charge in [0, 0.05) is 29.9 Å². The molecular formula is C25H28N4O5S. The summed E-state index contributed by atoms with van der Waals surface area (Å²) in [5.41, 5.74) is 2.63. The highest BCUT2D eigenvalue weighted by atomic mass is 32.2. The molecule has 10 heteroatoms. The zero-order chi connectivity index (χ0) is 25.6. The minimum absolute atomic E-state index is 0.00846. The third kappa shape index (κ3) is 6.65. The van der Waals surface area contributed by atoms with E-state index in [1.54, 1.807) is 0 Å². The molecular weight excluding hydrogens is 468 g/mol. The van der Waals surface area contributed by atoms with Gasteiger partial charge in [0.25, 0.3) is 21.6 Å². The Morgan fingerprint density at radius 2 is 1.69 bits per heavy atom. The predicted octanol–water partition coefficient (Wildman–Crippen LogP) is 3.99. The summed E-state index contributed by atoms with van der Waals surface area (Å²) in [6.07, 6.45) is 0.959. The molecule has 0 saturated heterocycles. The van der Waals surface area contributed by atoms with Gasteiger partial charge < -0.3 is 10.2 Å². The Bertz CT molecular complexity index is 1290. The zero-order valence-electron chi connectivity index (χ0n) is 19.8. The van der Waals surface area contributed by atoms with Gasteiger partial charge in [-0.2, -0.15) is 0 Å². The van der Waals surface area contributed by atoms with Gasteiger partial charge in [-0.15, -0.1) is 0 Å². The summed E-state index contributed by atoms with van der Waals surface area (Å²) in [6.45, 7) is 2.50. The van der Waals surface area contributed by atoms with E-state index in [0.29, 0.717) is 12.1 Å². The van der Waals surface area contributed by atoms with Crippen LogP contribution >= 0.6 is 0 Å². The maximum absolute atomic E-state index is 12.7. The molecule has 0 radical (unpaired) electrons. The number of nitrogens with zero attached hydrogens (tertiary/aromatic N) is 2. The summed E-state index contributed by atoms with van der Waals surface area (Å²) in [5, 5.41) is 13.9. The van der Waals surface area contributed by atoms with E-state index in [1.165, 1.54) is 48.0 Å². The van der Waals surface area contributed by atoms with Gasteiger partial charge in [0.1, 0.15) is 0 Å². The summed E-state index contributed by atoms with van der Waals surface area (Å²) < 4.78 is 27.6. The van der Waals surface area contributed by atoms with Crippen LogP contribution in [0.15, 0.2) is 77.7 Å². The second-order valence-corrected chi connectivity index (χ2v) is 9.90. The first kappa shape index (κ1) is 25.9. The molecule has 1 unspecified atom stereocenters. The molecule has 9 nitrogen and oxygen atoms in total. The number of nitrogens with one attached hydrogen (secondary N) is 2. The van der Waals surface area contributed by atoms with E-state index in [2.05, 4.69) is 41.2 Å². The van der Waals surface area contributed by atoms with E-state index >= 15 is 0 Å². The molecule has 3 rings (SSSR count). The van der Waals surface area contributed by atoms with Crippen LogP contribution in [0.1, 0.15) is 34.5 Å². The highest BCUT2D eigenvalue weighted by Gasteiger charge is 2.19. The fraction of sp³-hybridized carbons (Fsp3) is 0.240. The molecule has 0 aliphatic carbocycles. The van der Waals surface area contributed by atoms with Crippen molar-refractivity contribution in [1.29, 1.82) is 0 Å². The average Bonchev–Trinajstić information content (AvgIpc) is 2.84. The van der Waals surface area contributed by atoms with Gasteiger partial charge in [0.15, 0.2) is 0 Å². The average molecular weight is 497 g/mol. The lowest BCUT2D eigenvalue weighted by Crippen LogP contribution is -2.34. The number of rotatable bonds is 10. The van der Waals surface area contributed by atoms with Crippen molar-refractivity contribution >= 4 is 27.3 Å². The van der Waals surface area contributed by atoms with Gasteiger partial charge in [-0.3, -0.25) is 19.6 Å². The number of hydrogen-bond acceptors (Lipinski definition) is 6. The van der Waals surface area contributed by atoms with Crippen molar-refractivity contribution in [2.45, 2.75) is 24.3 Å². The van der Waals surface area contributed by atoms with Crippen molar-refractivity contribution in [3.63, 3.8) is 0 Å². The summed E-state index contributed by atoms with van der Waals surface area (Å²) in [7, 11) is -0.127. The van der Waals surface area contributed by atoms with Gasteiger partial charge in [0.05, 0.1) is 15.9 Å². The lowest BCUT2D eigenvalue weighted by molar-refractivity contribution is -0.385. The fourth-order valence-corrected chi connectivity index (χ4v) is 4.63. The summed E-state index contributed by atoms with van der Waals surface area (Å²) in [6, 6.07) is 19.0. The van der Waals surface area contributed by atoms with Crippen LogP contribution in [0.2, 0.25) is 0 Å². The van der Waals surface area contributed by atoms with Crippen LogP contribution < -0.4 is 10.0 Å². The van der Waals surface area contributed by atoms with Gasteiger partial charge in [-0.1, -0.05) is 37.3 Å². The van der Waals surface area contributed by atoms with Crippen LogP contribution in [-0.4, -0.2) is 44.8 Å². The molecule has 0 bridgehead atoms. The Labute approximate surface area is 205 Å². The number of nitro groups is 1. The number of amides is 1. The molecule has 3 aromatic carbocycles. The second kappa shape index (κ2) is 11.1. The van der Waals surface area contributed by atoms with Crippen LogP contribution in [0.4, 0.5) is 11.4 Å². The lowest BCUT2D eigenvalue weighted by atomic mass is 10.0. The molecule has 184 valence electrons. The van der Waals surface area contributed by atoms with E-state index in [4.69, 9.17) is 0 Å². The van der Waals surface area contributed by atoms with Gasteiger partial charge in [-0.25, -0.2) is 8.42 Å². The minimum atomic E-state index is -4.03. The predicted molar refractivity (Wildman–Crippen MR) is 135 cm³/mol. The molecule has 0 aromatic heterocycles. The van der Waals surface area contributed by atoms with Crippen molar-refractivity contribution in [2.24, 2.45) is 0 Å². The maximum Gasteiger partial charge on any atom is 0.270 e. The Kier molecular flexibility index (Phi) is 8.21. The standard InChI is InChI=1S/C25H28N4O5S/c1-4-18-8-10-19(11-9-18)24(28(2)3)17-26-25(30)20-12-14-21(15-13-20)27-35(33,34)23-7-5-6-22(16-23)29(31)32/h5-16,24,27H,4,17H2,1-3H3,(H,26,30). The van der Waals surface area contributed by atoms with Crippen LogP contribution in [0.3, 0.4) is 0 Å². The number of non-ortho nitro benzene ring substituents is 1. The van der Waals surface area contributed by atoms with Crippen molar-refractivity contribution in [3.8, 4) is 0 Å². The smallest absolute Gasteiger partial charge is 0.270 e. The zero-order valence-corrected chi connectivity index (χ0v) is 20.6. The van der Waals surface area contributed by atoms with Gasteiger partial charge >= 0.3 is 0 Å². The minimum Gasteiger partial charge on any atom is -0.350 e. The number of nitro benzene ring substituents is 1. The molecule has 1 atom stereocenters. The number of benzene rings is 3. The monoisotopic (exact) mass is 496 g/mol. The van der Waals surface area contributed by atoms with E-state index in [1.807, 2.05) is 19.0 Å². The molecule has 0 fully saturated rings. The van der Waals surface area contributed by atoms with E-state index < -0.39 is 14.9 Å².